The van der Waals surface area contributed by atoms with E-state index in [0.717, 1.165) is 28.1 Å². The van der Waals surface area contributed by atoms with Crippen molar-refractivity contribution in [1.29, 1.82) is 0 Å². The fraction of sp³-hybridized carbons (Fsp3) is 0.476. The number of aromatic nitrogens is 2. The molecule has 0 radical (unpaired) electrons. The van der Waals surface area contributed by atoms with Crippen molar-refractivity contribution in [2.45, 2.75) is 39.5 Å². The van der Waals surface area contributed by atoms with Crippen LogP contribution in [0.4, 0.5) is 0 Å². The van der Waals surface area contributed by atoms with E-state index in [1.54, 1.807) is 4.90 Å². The molecule has 0 bridgehead atoms. The van der Waals surface area contributed by atoms with Crippen molar-refractivity contribution in [2.24, 2.45) is 13.0 Å². The molecule has 27 heavy (non-hydrogen) atoms. The van der Waals surface area contributed by atoms with Gasteiger partial charge < -0.3 is 10.0 Å². The van der Waals surface area contributed by atoms with Gasteiger partial charge in [0.05, 0.1) is 11.6 Å². The highest BCUT2D eigenvalue weighted by atomic mass is 16.4. The predicted octanol–water partition coefficient (Wildman–Crippen LogP) is 2.60. The molecule has 1 N–H and O–H groups in total. The average molecular weight is 369 g/mol. The maximum absolute atomic E-state index is 12.8. The lowest BCUT2D eigenvalue weighted by atomic mass is 9.86. The summed E-state index contributed by atoms with van der Waals surface area (Å²) >= 11 is 0. The maximum atomic E-state index is 12.8. The lowest BCUT2D eigenvalue weighted by Crippen LogP contribution is -2.30. The fourth-order valence-electron chi connectivity index (χ4n) is 4.14. The number of benzene rings is 1. The average Bonchev–Trinajstić information content (AvgIpc) is 3.16. The molecule has 2 heterocycles. The summed E-state index contributed by atoms with van der Waals surface area (Å²) < 4.78 is 1.83. The van der Waals surface area contributed by atoms with E-state index in [4.69, 9.17) is 0 Å². The van der Waals surface area contributed by atoms with E-state index in [0.29, 0.717) is 19.4 Å². The molecule has 6 nitrogen and oxygen atoms in total. The Morgan fingerprint density at radius 1 is 1.19 bits per heavy atom. The summed E-state index contributed by atoms with van der Waals surface area (Å²) in [5, 5.41) is 14.1. The molecule has 0 spiro atoms. The van der Waals surface area contributed by atoms with Gasteiger partial charge in [-0.1, -0.05) is 24.3 Å². The third-order valence-electron chi connectivity index (χ3n) is 5.83. The second-order valence-corrected chi connectivity index (χ2v) is 7.48. The minimum Gasteiger partial charge on any atom is -0.481 e. The van der Waals surface area contributed by atoms with Crippen LogP contribution in [0.5, 0.6) is 0 Å². The Hall–Kier alpha value is -2.63. The van der Waals surface area contributed by atoms with E-state index in [9.17, 15) is 14.7 Å². The normalized spacial score (nSPS) is 19.5. The molecule has 2 aromatic rings. The Kier molecular flexibility index (Phi) is 5.35. The van der Waals surface area contributed by atoms with Crippen LogP contribution in [0, 0.1) is 26.7 Å². The van der Waals surface area contributed by atoms with Gasteiger partial charge in [-0.3, -0.25) is 14.3 Å². The number of hydrogen-bond acceptors (Lipinski definition) is 3. The SMILES string of the molecule is Cc1ccccc1[C@@H]1CN(C(=O)CCc2c(C)nn(C)c2C)C[C@H]1C(=O)O. The Morgan fingerprint density at radius 3 is 2.48 bits per heavy atom. The summed E-state index contributed by atoms with van der Waals surface area (Å²) in [4.78, 5) is 26.3. The zero-order valence-corrected chi connectivity index (χ0v) is 16.4. The first-order valence-electron chi connectivity index (χ1n) is 9.34. The largest absolute Gasteiger partial charge is 0.481 e. The molecule has 1 fully saturated rings. The first-order chi connectivity index (χ1) is 12.8. The number of hydrogen-bond donors (Lipinski definition) is 1. The molecule has 1 aliphatic rings. The third kappa shape index (κ3) is 3.75. The smallest absolute Gasteiger partial charge is 0.308 e. The monoisotopic (exact) mass is 369 g/mol. The molecule has 0 saturated carbocycles. The summed E-state index contributed by atoms with van der Waals surface area (Å²) in [7, 11) is 1.90. The van der Waals surface area contributed by atoms with Crippen molar-refractivity contribution in [1.82, 2.24) is 14.7 Å². The van der Waals surface area contributed by atoms with Gasteiger partial charge in [-0.15, -0.1) is 0 Å². The topological polar surface area (TPSA) is 75.4 Å². The van der Waals surface area contributed by atoms with Crippen molar-refractivity contribution in [3.8, 4) is 0 Å². The van der Waals surface area contributed by atoms with E-state index in [-0.39, 0.29) is 18.4 Å². The minimum atomic E-state index is -0.836. The zero-order valence-electron chi connectivity index (χ0n) is 16.4. The van der Waals surface area contributed by atoms with Crippen LogP contribution in [-0.2, 0) is 23.1 Å². The summed E-state index contributed by atoms with van der Waals surface area (Å²) in [5.74, 6) is -1.54. The van der Waals surface area contributed by atoms with Crippen molar-refractivity contribution in [3.63, 3.8) is 0 Å². The van der Waals surface area contributed by atoms with E-state index in [1.807, 2.05) is 56.8 Å². The predicted molar refractivity (Wildman–Crippen MR) is 103 cm³/mol. The van der Waals surface area contributed by atoms with Crippen LogP contribution in [0.25, 0.3) is 0 Å². The first kappa shape index (κ1) is 19.1. The van der Waals surface area contributed by atoms with Crippen LogP contribution in [0.1, 0.15) is 40.4 Å². The Labute approximate surface area is 159 Å². The number of carboxylic acid groups (broad SMARTS) is 1. The van der Waals surface area contributed by atoms with Gasteiger partial charge in [0, 0.05) is 38.2 Å². The summed E-state index contributed by atoms with van der Waals surface area (Å²) in [6, 6.07) is 7.85. The number of amides is 1. The lowest BCUT2D eigenvalue weighted by molar-refractivity contribution is -0.141. The molecular weight excluding hydrogens is 342 g/mol. The van der Waals surface area contributed by atoms with Crippen LogP contribution < -0.4 is 0 Å². The molecule has 1 aromatic heterocycles. The van der Waals surface area contributed by atoms with Gasteiger partial charge in [-0.05, 0) is 43.9 Å². The highest BCUT2D eigenvalue weighted by Gasteiger charge is 2.40. The molecule has 1 aromatic carbocycles. The number of carbonyl (C=O) groups is 2. The molecular formula is C21H27N3O3. The molecule has 3 rings (SSSR count). The summed E-state index contributed by atoms with van der Waals surface area (Å²) in [6.45, 7) is 6.69. The van der Waals surface area contributed by atoms with Crippen molar-refractivity contribution >= 4 is 11.9 Å². The number of rotatable bonds is 5. The van der Waals surface area contributed by atoms with Crippen LogP contribution in [0.2, 0.25) is 0 Å². The second-order valence-electron chi connectivity index (χ2n) is 7.48. The second kappa shape index (κ2) is 7.55. The highest BCUT2D eigenvalue weighted by Crippen LogP contribution is 2.35. The summed E-state index contributed by atoms with van der Waals surface area (Å²) in [6.07, 6.45) is 1.01. The molecule has 0 unspecified atom stereocenters. The van der Waals surface area contributed by atoms with E-state index < -0.39 is 11.9 Å². The van der Waals surface area contributed by atoms with Crippen molar-refractivity contribution in [2.75, 3.05) is 13.1 Å². The Balaban J connectivity index is 1.72. The van der Waals surface area contributed by atoms with Crippen LogP contribution in [-0.4, -0.2) is 44.8 Å². The molecule has 1 amide bonds. The lowest BCUT2D eigenvalue weighted by Gasteiger charge is -2.18. The molecule has 6 heteroatoms. The zero-order chi connectivity index (χ0) is 19.7. The minimum absolute atomic E-state index is 0.0139. The van der Waals surface area contributed by atoms with E-state index in [1.165, 1.54) is 0 Å². The van der Waals surface area contributed by atoms with E-state index in [2.05, 4.69) is 5.10 Å². The van der Waals surface area contributed by atoms with Gasteiger partial charge in [0.1, 0.15) is 0 Å². The van der Waals surface area contributed by atoms with Crippen molar-refractivity contribution in [3.05, 3.63) is 52.3 Å². The summed E-state index contributed by atoms with van der Waals surface area (Å²) in [5.41, 5.74) is 5.23. The van der Waals surface area contributed by atoms with Gasteiger partial charge in [-0.25, -0.2) is 0 Å². The number of likely N-dealkylation sites (tertiary alicyclic amines) is 1. The number of carboxylic acids is 1. The van der Waals surface area contributed by atoms with Crippen LogP contribution in [0.15, 0.2) is 24.3 Å². The molecule has 1 saturated heterocycles. The van der Waals surface area contributed by atoms with Crippen LogP contribution >= 0.6 is 0 Å². The van der Waals surface area contributed by atoms with Gasteiger partial charge in [-0.2, -0.15) is 5.10 Å². The number of aliphatic carboxylic acids is 1. The fourth-order valence-corrected chi connectivity index (χ4v) is 4.14. The molecule has 2 atom stereocenters. The standard InChI is InChI=1S/C21H27N3O3/c1-13-7-5-6-8-16(13)18-11-24(12-19(18)21(26)27)20(25)10-9-17-14(2)22-23(4)15(17)3/h5-8,18-19H,9-12H2,1-4H3,(H,26,27)/t18-,19+/m0/s1. The van der Waals surface area contributed by atoms with E-state index >= 15 is 0 Å². The molecule has 144 valence electrons. The third-order valence-corrected chi connectivity index (χ3v) is 5.83. The van der Waals surface area contributed by atoms with Gasteiger partial charge >= 0.3 is 5.97 Å². The quantitative estimate of drug-likeness (QED) is 0.879. The number of carbonyl (C=O) groups excluding carboxylic acids is 1. The Bertz CT molecular complexity index is 872. The number of aryl methyl sites for hydroxylation is 3. The first-order valence-corrected chi connectivity index (χ1v) is 9.34. The maximum Gasteiger partial charge on any atom is 0.308 e. The van der Waals surface area contributed by atoms with Gasteiger partial charge in [0.2, 0.25) is 5.91 Å². The van der Waals surface area contributed by atoms with Crippen LogP contribution in [0.3, 0.4) is 0 Å². The number of nitrogens with zero attached hydrogens (tertiary/aromatic N) is 3. The highest BCUT2D eigenvalue weighted by molar-refractivity contribution is 5.80. The van der Waals surface area contributed by atoms with Gasteiger partial charge in [0.15, 0.2) is 0 Å². The molecule has 0 aliphatic carbocycles. The molecule has 1 aliphatic heterocycles. The van der Waals surface area contributed by atoms with Crippen molar-refractivity contribution < 1.29 is 14.7 Å². The van der Waals surface area contributed by atoms with Gasteiger partial charge in [0.25, 0.3) is 0 Å². The Morgan fingerprint density at radius 2 is 1.89 bits per heavy atom.